The Bertz CT molecular complexity index is 613. The van der Waals surface area contributed by atoms with Crippen molar-refractivity contribution in [1.29, 1.82) is 0 Å². The van der Waals surface area contributed by atoms with Crippen LogP contribution in [0, 0.1) is 5.92 Å². The van der Waals surface area contributed by atoms with Crippen LogP contribution in [0.25, 0.3) is 0 Å². The monoisotopic (exact) mass is 377 g/mol. The van der Waals surface area contributed by atoms with Crippen LogP contribution in [0.1, 0.15) is 32.3 Å². The predicted molar refractivity (Wildman–Crippen MR) is 108 cm³/mol. The molecule has 0 aromatic heterocycles. The molecule has 0 bridgehead atoms. The van der Waals surface area contributed by atoms with Crippen LogP contribution in [-0.4, -0.2) is 58.8 Å². The molecule has 26 heavy (non-hydrogen) atoms. The van der Waals surface area contributed by atoms with E-state index in [-0.39, 0.29) is 22.5 Å². The topological polar surface area (TPSA) is 66.6 Å². The van der Waals surface area contributed by atoms with Crippen LogP contribution in [0.15, 0.2) is 30.3 Å². The van der Waals surface area contributed by atoms with Crippen molar-refractivity contribution in [2.24, 2.45) is 11.7 Å². The highest BCUT2D eigenvalue weighted by Gasteiger charge is 2.36. The molecule has 2 N–H and O–H groups in total. The van der Waals surface area contributed by atoms with Gasteiger partial charge in [-0.05, 0) is 38.5 Å². The second-order valence-corrected chi connectivity index (χ2v) is 9.03. The van der Waals surface area contributed by atoms with E-state index in [0.717, 1.165) is 5.56 Å². The number of nitrogens with zero attached hydrogens (tertiary/aromatic N) is 2. The van der Waals surface area contributed by atoms with Gasteiger partial charge in [-0.3, -0.25) is 9.59 Å². The molecule has 1 aromatic carbocycles. The Balaban J connectivity index is 1.87. The molecular weight excluding hydrogens is 346 g/mol. The van der Waals surface area contributed by atoms with Gasteiger partial charge < -0.3 is 15.5 Å². The number of piperidine rings is 1. The van der Waals surface area contributed by atoms with Crippen LogP contribution < -0.4 is 5.73 Å². The second kappa shape index (κ2) is 8.91. The summed E-state index contributed by atoms with van der Waals surface area (Å²) < 4.78 is -0.292. The number of likely N-dealkylation sites (tertiary alicyclic amines) is 1. The standard InChI is InChI=1S/C20H31N3O2S/c1-20(2,26-4)17(21)19(25)23-12-10-16(11-13-23)18(24)22(3)14-15-8-6-5-7-9-15/h5-9,16-17H,10-14,21H2,1-4H3/t17-/m1/s1. The quantitative estimate of drug-likeness (QED) is 0.826. The summed E-state index contributed by atoms with van der Waals surface area (Å²) in [5, 5.41) is 0. The summed E-state index contributed by atoms with van der Waals surface area (Å²) in [6.45, 7) is 5.81. The lowest BCUT2D eigenvalue weighted by molar-refractivity contribution is -0.141. The number of benzene rings is 1. The van der Waals surface area contributed by atoms with Crippen molar-refractivity contribution in [1.82, 2.24) is 9.80 Å². The molecule has 1 saturated heterocycles. The molecule has 0 spiro atoms. The number of carbonyl (C=O) groups is 2. The third kappa shape index (κ3) is 5.01. The first-order valence-electron chi connectivity index (χ1n) is 9.14. The molecular formula is C20H31N3O2S. The van der Waals surface area contributed by atoms with Gasteiger partial charge in [0.1, 0.15) is 0 Å². The summed E-state index contributed by atoms with van der Waals surface area (Å²) in [7, 11) is 1.85. The van der Waals surface area contributed by atoms with E-state index in [9.17, 15) is 9.59 Å². The number of carbonyl (C=O) groups excluding carboxylic acids is 2. The van der Waals surface area contributed by atoms with E-state index in [1.807, 2.05) is 62.4 Å². The fraction of sp³-hybridized carbons (Fsp3) is 0.600. The van der Waals surface area contributed by atoms with Crippen LogP contribution in [0.5, 0.6) is 0 Å². The highest BCUT2D eigenvalue weighted by molar-refractivity contribution is 8.00. The SMILES string of the molecule is CSC(C)(C)[C@H](N)C(=O)N1CCC(C(=O)N(C)Cc2ccccc2)CC1. The molecule has 0 aliphatic carbocycles. The minimum absolute atomic E-state index is 0.00658. The first-order valence-corrected chi connectivity index (χ1v) is 10.4. The van der Waals surface area contributed by atoms with Crippen molar-refractivity contribution in [3.63, 3.8) is 0 Å². The summed E-state index contributed by atoms with van der Waals surface area (Å²) in [4.78, 5) is 29.0. The Morgan fingerprint density at radius 2 is 1.85 bits per heavy atom. The second-order valence-electron chi connectivity index (χ2n) is 7.56. The summed E-state index contributed by atoms with van der Waals surface area (Å²) >= 11 is 1.60. The van der Waals surface area contributed by atoms with E-state index in [0.29, 0.717) is 32.5 Å². The zero-order valence-corrected chi connectivity index (χ0v) is 17.1. The van der Waals surface area contributed by atoms with Crippen molar-refractivity contribution in [2.45, 2.75) is 44.0 Å². The largest absolute Gasteiger partial charge is 0.341 e. The molecule has 2 rings (SSSR count). The fourth-order valence-electron chi connectivity index (χ4n) is 3.21. The Kier molecular flexibility index (Phi) is 7.12. The summed E-state index contributed by atoms with van der Waals surface area (Å²) in [5.41, 5.74) is 7.30. The van der Waals surface area contributed by atoms with Gasteiger partial charge in [-0.1, -0.05) is 30.3 Å². The van der Waals surface area contributed by atoms with Crippen LogP contribution >= 0.6 is 11.8 Å². The average molecular weight is 378 g/mol. The molecule has 0 saturated carbocycles. The zero-order valence-electron chi connectivity index (χ0n) is 16.3. The molecule has 144 valence electrons. The third-order valence-corrected chi connectivity index (χ3v) is 6.64. The Labute approximate surface area is 161 Å². The van der Waals surface area contributed by atoms with Gasteiger partial charge in [0.05, 0.1) is 6.04 Å². The van der Waals surface area contributed by atoms with Gasteiger partial charge in [-0.15, -0.1) is 0 Å². The molecule has 1 heterocycles. The highest BCUT2D eigenvalue weighted by Crippen LogP contribution is 2.27. The fourth-order valence-corrected chi connectivity index (χ4v) is 3.57. The maximum absolute atomic E-state index is 12.7. The molecule has 5 nitrogen and oxygen atoms in total. The Hall–Kier alpha value is -1.53. The van der Waals surface area contributed by atoms with Crippen molar-refractivity contribution in [3.8, 4) is 0 Å². The molecule has 0 radical (unpaired) electrons. The summed E-state index contributed by atoms with van der Waals surface area (Å²) in [5.74, 6) is 0.139. The van der Waals surface area contributed by atoms with Gasteiger partial charge in [0.25, 0.3) is 0 Å². The molecule has 6 heteroatoms. The molecule has 1 aliphatic rings. The maximum Gasteiger partial charge on any atom is 0.240 e. The van der Waals surface area contributed by atoms with Crippen LogP contribution in [-0.2, 0) is 16.1 Å². The van der Waals surface area contributed by atoms with E-state index in [1.165, 1.54) is 0 Å². The molecule has 2 amide bonds. The lowest BCUT2D eigenvalue weighted by atomic mass is 9.93. The van der Waals surface area contributed by atoms with Gasteiger partial charge in [0.2, 0.25) is 11.8 Å². The van der Waals surface area contributed by atoms with Gasteiger partial charge in [-0.2, -0.15) is 11.8 Å². The van der Waals surface area contributed by atoms with E-state index < -0.39 is 6.04 Å². The third-order valence-electron chi connectivity index (χ3n) is 5.34. The normalized spacial score (nSPS) is 17.0. The summed E-state index contributed by atoms with van der Waals surface area (Å²) in [6, 6.07) is 9.47. The van der Waals surface area contributed by atoms with Gasteiger partial charge in [0.15, 0.2) is 0 Å². The number of nitrogens with two attached hydrogens (primary N) is 1. The van der Waals surface area contributed by atoms with Crippen molar-refractivity contribution < 1.29 is 9.59 Å². The average Bonchev–Trinajstić information content (AvgIpc) is 2.67. The van der Waals surface area contributed by atoms with E-state index >= 15 is 0 Å². The lowest BCUT2D eigenvalue weighted by Crippen LogP contribution is -2.55. The molecule has 1 aliphatic heterocycles. The van der Waals surface area contributed by atoms with E-state index in [1.54, 1.807) is 16.7 Å². The zero-order chi connectivity index (χ0) is 19.3. The van der Waals surface area contributed by atoms with E-state index in [2.05, 4.69) is 0 Å². The highest BCUT2D eigenvalue weighted by atomic mass is 32.2. The van der Waals surface area contributed by atoms with Gasteiger partial charge in [-0.25, -0.2) is 0 Å². The molecule has 1 fully saturated rings. The van der Waals surface area contributed by atoms with E-state index in [4.69, 9.17) is 5.73 Å². The molecule has 0 unspecified atom stereocenters. The smallest absolute Gasteiger partial charge is 0.240 e. The number of thioether (sulfide) groups is 1. The van der Waals surface area contributed by atoms with Gasteiger partial charge >= 0.3 is 0 Å². The van der Waals surface area contributed by atoms with Crippen LogP contribution in [0.3, 0.4) is 0 Å². The summed E-state index contributed by atoms with van der Waals surface area (Å²) in [6.07, 6.45) is 3.38. The first-order chi connectivity index (χ1) is 12.3. The lowest BCUT2D eigenvalue weighted by Gasteiger charge is -2.37. The first kappa shape index (κ1) is 20.8. The predicted octanol–water partition coefficient (Wildman–Crippen LogP) is 2.35. The molecule has 1 atom stereocenters. The number of hydrogen-bond donors (Lipinski definition) is 1. The Morgan fingerprint density at radius 1 is 1.27 bits per heavy atom. The minimum Gasteiger partial charge on any atom is -0.341 e. The minimum atomic E-state index is -0.523. The molecule has 1 aromatic rings. The van der Waals surface area contributed by atoms with Gasteiger partial charge in [0, 0.05) is 37.3 Å². The number of amides is 2. The Morgan fingerprint density at radius 3 is 2.38 bits per heavy atom. The van der Waals surface area contributed by atoms with Crippen molar-refractivity contribution >= 4 is 23.6 Å². The maximum atomic E-state index is 12.7. The number of hydrogen-bond acceptors (Lipinski definition) is 4. The van der Waals surface area contributed by atoms with Crippen molar-refractivity contribution in [3.05, 3.63) is 35.9 Å². The van der Waals surface area contributed by atoms with Crippen LogP contribution in [0.2, 0.25) is 0 Å². The van der Waals surface area contributed by atoms with Crippen LogP contribution in [0.4, 0.5) is 0 Å². The number of rotatable bonds is 6. The van der Waals surface area contributed by atoms with Crippen molar-refractivity contribution in [2.75, 3.05) is 26.4 Å².